The fourth-order valence-corrected chi connectivity index (χ4v) is 1.35. The molecule has 0 aliphatic carbocycles. The molecule has 1 rings (SSSR count). The summed E-state index contributed by atoms with van der Waals surface area (Å²) >= 11 is 11.2. The Morgan fingerprint density at radius 1 is 1.25 bits per heavy atom. The topological polar surface area (TPSA) is 49.3 Å². The van der Waals surface area contributed by atoms with E-state index in [4.69, 9.17) is 28.3 Å². The summed E-state index contributed by atoms with van der Waals surface area (Å²) in [6, 6.07) is 9.71. The smallest absolute Gasteiger partial charge is 0.348 e. The first-order valence-corrected chi connectivity index (χ1v) is 5.39. The van der Waals surface area contributed by atoms with Crippen molar-refractivity contribution >= 4 is 29.2 Å². The number of hydrogen-bond acceptors (Lipinski definition) is 2. The second-order valence-corrected chi connectivity index (χ2v) is 3.95. The zero-order valence-corrected chi connectivity index (χ0v) is 9.92. The molecule has 0 saturated heterocycles. The quantitative estimate of drug-likeness (QED) is 0.800. The second kappa shape index (κ2) is 6.53. The Labute approximate surface area is 104 Å². The van der Waals surface area contributed by atoms with Crippen molar-refractivity contribution < 1.29 is 9.90 Å². The van der Waals surface area contributed by atoms with Gasteiger partial charge < -0.3 is 10.4 Å². The minimum absolute atomic E-state index is 0.102. The van der Waals surface area contributed by atoms with E-state index in [1.54, 1.807) is 0 Å². The molecule has 0 atom stereocenters. The molecule has 0 aliphatic rings. The lowest BCUT2D eigenvalue weighted by molar-refractivity contribution is -0.131. The van der Waals surface area contributed by atoms with Crippen LogP contribution in [0.3, 0.4) is 0 Å². The Morgan fingerprint density at radius 2 is 1.88 bits per heavy atom. The number of rotatable bonds is 5. The van der Waals surface area contributed by atoms with Gasteiger partial charge in [-0.1, -0.05) is 53.5 Å². The van der Waals surface area contributed by atoms with Crippen LogP contribution in [0, 0.1) is 0 Å². The van der Waals surface area contributed by atoms with E-state index in [-0.39, 0.29) is 16.6 Å². The Balaban J connectivity index is 2.42. The van der Waals surface area contributed by atoms with Crippen molar-refractivity contribution in [2.24, 2.45) is 0 Å². The molecule has 0 spiro atoms. The monoisotopic (exact) mass is 259 g/mol. The van der Waals surface area contributed by atoms with Gasteiger partial charge in [-0.2, -0.15) is 0 Å². The Bertz CT molecular complexity index is 390. The molecule has 2 N–H and O–H groups in total. The number of carbonyl (C=O) groups is 1. The number of hydrogen-bond donors (Lipinski definition) is 2. The van der Waals surface area contributed by atoms with Gasteiger partial charge in [-0.3, -0.25) is 0 Å². The number of halogens is 2. The largest absolute Gasteiger partial charge is 0.477 e. The maximum Gasteiger partial charge on any atom is 0.348 e. The Kier molecular flexibility index (Phi) is 5.32. The molecule has 16 heavy (non-hydrogen) atoms. The van der Waals surface area contributed by atoms with Gasteiger partial charge in [-0.25, -0.2) is 4.79 Å². The number of aliphatic carboxylic acids is 1. The molecule has 0 radical (unpaired) electrons. The lowest BCUT2D eigenvalue weighted by atomic mass is 10.2. The third-order valence-corrected chi connectivity index (χ3v) is 2.69. The standard InChI is InChI=1S/C11H11Cl2NO2/c12-9(10(13)11(15)16)7-14-6-8-4-2-1-3-5-8/h1-5,14H,6-7H2,(H,15,16)/b10-9-. The summed E-state index contributed by atoms with van der Waals surface area (Å²) in [6.07, 6.45) is 0. The minimum atomic E-state index is -1.21. The Morgan fingerprint density at radius 3 is 2.44 bits per heavy atom. The molecule has 0 fully saturated rings. The van der Waals surface area contributed by atoms with Crippen LogP contribution in [-0.2, 0) is 11.3 Å². The van der Waals surface area contributed by atoms with E-state index in [1.807, 2.05) is 30.3 Å². The summed E-state index contributed by atoms with van der Waals surface area (Å²) < 4.78 is 0. The number of carboxylic acids is 1. The molecule has 1 aromatic rings. The summed E-state index contributed by atoms with van der Waals surface area (Å²) in [5, 5.41) is 11.3. The van der Waals surface area contributed by atoms with Crippen LogP contribution in [-0.4, -0.2) is 17.6 Å². The molecule has 0 saturated carbocycles. The van der Waals surface area contributed by atoms with Gasteiger partial charge in [0.2, 0.25) is 0 Å². The van der Waals surface area contributed by atoms with Gasteiger partial charge in [0.1, 0.15) is 5.03 Å². The predicted octanol–water partition coefficient (Wildman–Crippen LogP) is 2.55. The minimum Gasteiger partial charge on any atom is -0.477 e. The SMILES string of the molecule is O=C(O)/C(Cl)=C(/Cl)CNCc1ccccc1. The Hall–Kier alpha value is -1.03. The lowest BCUT2D eigenvalue weighted by Crippen LogP contribution is -2.16. The molecule has 0 unspecified atom stereocenters. The van der Waals surface area contributed by atoms with Gasteiger partial charge in [0.05, 0.1) is 5.03 Å². The molecule has 0 aliphatic heterocycles. The maximum atomic E-state index is 10.5. The van der Waals surface area contributed by atoms with Gasteiger partial charge >= 0.3 is 5.97 Å². The van der Waals surface area contributed by atoms with E-state index < -0.39 is 5.97 Å². The van der Waals surface area contributed by atoms with E-state index in [9.17, 15) is 4.79 Å². The first kappa shape index (κ1) is 13.0. The van der Waals surface area contributed by atoms with Crippen molar-refractivity contribution in [2.45, 2.75) is 6.54 Å². The zero-order chi connectivity index (χ0) is 12.0. The third-order valence-electron chi connectivity index (χ3n) is 1.88. The fourth-order valence-electron chi connectivity index (χ4n) is 1.11. The van der Waals surface area contributed by atoms with Crippen LogP contribution >= 0.6 is 23.2 Å². The van der Waals surface area contributed by atoms with Crippen molar-refractivity contribution in [3.8, 4) is 0 Å². The summed E-state index contributed by atoms with van der Waals surface area (Å²) in [7, 11) is 0. The molecule has 0 heterocycles. The molecule has 3 nitrogen and oxygen atoms in total. The highest BCUT2D eigenvalue weighted by molar-refractivity contribution is 6.47. The summed E-state index contributed by atoms with van der Waals surface area (Å²) in [5.74, 6) is -1.21. The van der Waals surface area contributed by atoms with Crippen molar-refractivity contribution in [1.29, 1.82) is 0 Å². The predicted molar refractivity (Wildman–Crippen MR) is 64.5 cm³/mol. The van der Waals surface area contributed by atoms with Gasteiger partial charge in [0, 0.05) is 13.1 Å². The van der Waals surface area contributed by atoms with Gasteiger partial charge in [0.25, 0.3) is 0 Å². The fraction of sp³-hybridized carbons (Fsp3) is 0.182. The molecule has 86 valence electrons. The molecule has 0 aromatic heterocycles. The summed E-state index contributed by atoms with van der Waals surface area (Å²) in [6.45, 7) is 0.850. The molecule has 5 heteroatoms. The van der Waals surface area contributed by atoms with Crippen molar-refractivity contribution in [3.05, 3.63) is 46.0 Å². The average Bonchev–Trinajstić information content (AvgIpc) is 2.29. The van der Waals surface area contributed by atoms with E-state index in [1.165, 1.54) is 0 Å². The maximum absolute atomic E-state index is 10.5. The van der Waals surface area contributed by atoms with Crippen LogP contribution in [0.1, 0.15) is 5.56 Å². The van der Waals surface area contributed by atoms with E-state index in [2.05, 4.69) is 5.32 Å². The zero-order valence-electron chi connectivity index (χ0n) is 8.41. The average molecular weight is 260 g/mol. The van der Waals surface area contributed by atoms with Crippen LogP contribution in [0.25, 0.3) is 0 Å². The first-order valence-electron chi connectivity index (χ1n) is 4.63. The highest BCUT2D eigenvalue weighted by Gasteiger charge is 2.09. The first-order chi connectivity index (χ1) is 7.61. The van der Waals surface area contributed by atoms with Crippen molar-refractivity contribution in [3.63, 3.8) is 0 Å². The molecule has 1 aromatic carbocycles. The van der Waals surface area contributed by atoms with Crippen LogP contribution in [0.5, 0.6) is 0 Å². The van der Waals surface area contributed by atoms with Gasteiger partial charge in [0.15, 0.2) is 0 Å². The third kappa shape index (κ3) is 4.23. The normalized spacial score (nSPS) is 12.1. The second-order valence-electron chi connectivity index (χ2n) is 3.11. The summed E-state index contributed by atoms with van der Waals surface area (Å²) in [5.41, 5.74) is 1.10. The van der Waals surface area contributed by atoms with Crippen LogP contribution < -0.4 is 5.32 Å². The van der Waals surface area contributed by atoms with E-state index >= 15 is 0 Å². The van der Waals surface area contributed by atoms with Crippen LogP contribution in [0.4, 0.5) is 0 Å². The number of nitrogens with one attached hydrogen (secondary N) is 1. The highest BCUT2D eigenvalue weighted by atomic mass is 35.5. The molecule has 0 amide bonds. The lowest BCUT2D eigenvalue weighted by Gasteiger charge is -2.04. The molecular formula is C11H11Cl2NO2. The van der Waals surface area contributed by atoms with Crippen molar-refractivity contribution in [2.75, 3.05) is 6.54 Å². The van der Waals surface area contributed by atoms with Gasteiger partial charge in [-0.05, 0) is 5.56 Å². The molecule has 0 bridgehead atoms. The van der Waals surface area contributed by atoms with Crippen molar-refractivity contribution in [1.82, 2.24) is 5.32 Å². The number of carboxylic acid groups (broad SMARTS) is 1. The summed E-state index contributed by atoms with van der Waals surface area (Å²) in [4.78, 5) is 10.5. The van der Waals surface area contributed by atoms with Crippen LogP contribution in [0.15, 0.2) is 40.4 Å². The highest BCUT2D eigenvalue weighted by Crippen LogP contribution is 2.13. The number of benzene rings is 1. The molecular weight excluding hydrogens is 249 g/mol. The van der Waals surface area contributed by atoms with Crippen LogP contribution in [0.2, 0.25) is 0 Å². The van der Waals surface area contributed by atoms with E-state index in [0.717, 1.165) is 5.56 Å². The van der Waals surface area contributed by atoms with E-state index in [0.29, 0.717) is 6.54 Å². The van der Waals surface area contributed by atoms with Gasteiger partial charge in [-0.15, -0.1) is 0 Å².